The zero-order valence-corrected chi connectivity index (χ0v) is 10.1. The van der Waals surface area contributed by atoms with Gasteiger partial charge in [0.2, 0.25) is 0 Å². The van der Waals surface area contributed by atoms with Gasteiger partial charge in [0.05, 0.1) is 29.6 Å². The third-order valence-electron chi connectivity index (χ3n) is 2.60. The molecule has 0 bridgehead atoms. The van der Waals surface area contributed by atoms with Gasteiger partial charge >= 0.3 is 5.97 Å². The number of methoxy groups -OCH3 is 1. The van der Waals surface area contributed by atoms with E-state index in [9.17, 15) is 9.59 Å². The van der Waals surface area contributed by atoms with Crippen LogP contribution in [0.4, 0.5) is 0 Å². The Labute approximate surface area is 104 Å². The third-order valence-corrected chi connectivity index (χ3v) is 2.60. The fraction of sp³-hybridized carbons (Fsp3) is 0.154. The largest absolute Gasteiger partial charge is 0.465 e. The van der Waals surface area contributed by atoms with E-state index < -0.39 is 5.97 Å². The molecule has 0 unspecified atom stereocenters. The third kappa shape index (κ3) is 2.15. The number of carbonyl (C=O) groups excluding carboxylic acids is 2. The van der Waals surface area contributed by atoms with E-state index in [0.29, 0.717) is 22.5 Å². The molecule has 5 heteroatoms. The smallest absolute Gasteiger partial charge is 0.337 e. The van der Waals surface area contributed by atoms with Crippen molar-refractivity contribution in [1.29, 1.82) is 0 Å². The number of aromatic nitrogens is 2. The van der Waals surface area contributed by atoms with Crippen LogP contribution in [0.25, 0.3) is 5.69 Å². The van der Waals surface area contributed by atoms with Crippen LogP contribution in [-0.4, -0.2) is 29.1 Å². The SMILES string of the molecule is COC(=O)c1cccc(-n2cc(C=O)c(C)n2)c1. The maximum atomic E-state index is 11.4. The molecule has 0 saturated heterocycles. The minimum atomic E-state index is -0.406. The second-order valence-corrected chi connectivity index (χ2v) is 3.77. The molecule has 1 aromatic heterocycles. The molecular formula is C13H12N2O3. The lowest BCUT2D eigenvalue weighted by molar-refractivity contribution is 0.0600. The number of carbonyl (C=O) groups is 2. The molecule has 92 valence electrons. The summed E-state index contributed by atoms with van der Waals surface area (Å²) in [4.78, 5) is 22.2. The van der Waals surface area contributed by atoms with E-state index in [1.54, 1.807) is 42.1 Å². The van der Waals surface area contributed by atoms with E-state index in [2.05, 4.69) is 9.84 Å². The van der Waals surface area contributed by atoms with E-state index in [0.717, 1.165) is 6.29 Å². The molecule has 0 N–H and O–H groups in total. The van der Waals surface area contributed by atoms with Crippen LogP contribution in [0.5, 0.6) is 0 Å². The van der Waals surface area contributed by atoms with E-state index in [1.807, 2.05) is 0 Å². The van der Waals surface area contributed by atoms with Gasteiger partial charge in [-0.05, 0) is 25.1 Å². The van der Waals surface area contributed by atoms with Crippen LogP contribution in [-0.2, 0) is 4.74 Å². The van der Waals surface area contributed by atoms with E-state index in [1.165, 1.54) is 7.11 Å². The Morgan fingerprint density at radius 1 is 1.44 bits per heavy atom. The molecule has 0 radical (unpaired) electrons. The molecule has 0 aliphatic rings. The Bertz CT molecular complexity index is 602. The van der Waals surface area contributed by atoms with Crippen molar-refractivity contribution >= 4 is 12.3 Å². The van der Waals surface area contributed by atoms with Crippen molar-refractivity contribution in [3.8, 4) is 5.69 Å². The van der Waals surface area contributed by atoms with Gasteiger partial charge in [0.1, 0.15) is 0 Å². The summed E-state index contributed by atoms with van der Waals surface area (Å²) in [5.74, 6) is -0.406. The molecule has 0 spiro atoms. The number of esters is 1. The molecule has 5 nitrogen and oxygen atoms in total. The van der Waals surface area contributed by atoms with Crippen molar-refractivity contribution in [2.45, 2.75) is 6.92 Å². The highest BCUT2D eigenvalue weighted by atomic mass is 16.5. The summed E-state index contributed by atoms with van der Waals surface area (Å²) >= 11 is 0. The molecule has 0 saturated carbocycles. The first-order valence-electron chi connectivity index (χ1n) is 5.36. The van der Waals surface area contributed by atoms with Crippen LogP contribution < -0.4 is 0 Å². The second kappa shape index (κ2) is 4.83. The van der Waals surface area contributed by atoms with Crippen LogP contribution in [0.1, 0.15) is 26.4 Å². The molecular weight excluding hydrogens is 232 g/mol. The van der Waals surface area contributed by atoms with Gasteiger partial charge in [-0.3, -0.25) is 4.79 Å². The lowest BCUT2D eigenvalue weighted by Gasteiger charge is -2.03. The zero-order valence-electron chi connectivity index (χ0n) is 10.1. The normalized spacial score (nSPS) is 10.1. The second-order valence-electron chi connectivity index (χ2n) is 3.77. The molecule has 1 heterocycles. The summed E-state index contributed by atoms with van der Waals surface area (Å²) in [6.07, 6.45) is 2.38. The Hall–Kier alpha value is -2.43. The maximum absolute atomic E-state index is 11.4. The molecule has 0 aliphatic heterocycles. The summed E-state index contributed by atoms with van der Waals surface area (Å²) in [5, 5.41) is 4.21. The van der Waals surface area contributed by atoms with Gasteiger partial charge in [-0.15, -0.1) is 0 Å². The van der Waals surface area contributed by atoms with Crippen molar-refractivity contribution in [2.75, 3.05) is 7.11 Å². The summed E-state index contributed by atoms with van der Waals surface area (Å²) < 4.78 is 6.21. The highest BCUT2D eigenvalue weighted by molar-refractivity contribution is 5.89. The number of rotatable bonds is 3. The fourth-order valence-corrected chi connectivity index (χ4v) is 1.61. The summed E-state index contributed by atoms with van der Waals surface area (Å²) in [5.41, 5.74) is 2.32. The van der Waals surface area contributed by atoms with Crippen molar-refractivity contribution in [3.63, 3.8) is 0 Å². The number of aryl methyl sites for hydroxylation is 1. The average Bonchev–Trinajstić information content (AvgIpc) is 2.79. The molecule has 1 aromatic carbocycles. The molecule has 0 atom stereocenters. The standard InChI is InChI=1S/C13H12N2O3/c1-9-11(8-16)7-15(14-9)12-5-3-4-10(6-12)13(17)18-2/h3-8H,1-2H3. The summed E-state index contributed by atoms with van der Waals surface area (Å²) in [6.45, 7) is 1.75. The van der Waals surface area contributed by atoms with Gasteiger partial charge in [-0.25, -0.2) is 9.48 Å². The summed E-state index contributed by atoms with van der Waals surface area (Å²) in [6, 6.07) is 6.85. The van der Waals surface area contributed by atoms with Gasteiger partial charge in [-0.1, -0.05) is 6.07 Å². The Morgan fingerprint density at radius 3 is 2.83 bits per heavy atom. The predicted molar refractivity (Wildman–Crippen MR) is 65.0 cm³/mol. The molecule has 0 amide bonds. The quantitative estimate of drug-likeness (QED) is 0.610. The molecule has 2 aromatic rings. The number of nitrogens with zero attached hydrogens (tertiary/aromatic N) is 2. The van der Waals surface area contributed by atoms with Gasteiger partial charge in [0, 0.05) is 6.20 Å². The lowest BCUT2D eigenvalue weighted by atomic mass is 10.2. The van der Waals surface area contributed by atoms with Crippen LogP contribution in [0, 0.1) is 6.92 Å². The van der Waals surface area contributed by atoms with Gasteiger partial charge in [-0.2, -0.15) is 5.10 Å². The van der Waals surface area contributed by atoms with Crippen molar-refractivity contribution in [2.24, 2.45) is 0 Å². The van der Waals surface area contributed by atoms with E-state index >= 15 is 0 Å². The van der Waals surface area contributed by atoms with Crippen molar-refractivity contribution < 1.29 is 14.3 Å². The van der Waals surface area contributed by atoms with Crippen molar-refractivity contribution in [1.82, 2.24) is 9.78 Å². The van der Waals surface area contributed by atoms with Crippen LogP contribution in [0.3, 0.4) is 0 Å². The maximum Gasteiger partial charge on any atom is 0.337 e. The molecule has 0 fully saturated rings. The minimum absolute atomic E-state index is 0.406. The average molecular weight is 244 g/mol. The lowest BCUT2D eigenvalue weighted by Crippen LogP contribution is -2.03. The monoisotopic (exact) mass is 244 g/mol. The van der Waals surface area contributed by atoms with Crippen LogP contribution in [0.15, 0.2) is 30.5 Å². The molecule has 18 heavy (non-hydrogen) atoms. The van der Waals surface area contributed by atoms with Crippen molar-refractivity contribution in [3.05, 3.63) is 47.3 Å². The molecule has 2 rings (SSSR count). The predicted octanol–water partition coefficient (Wildman–Crippen LogP) is 1.78. The first-order chi connectivity index (χ1) is 8.65. The highest BCUT2D eigenvalue weighted by Gasteiger charge is 2.09. The van der Waals surface area contributed by atoms with Crippen LogP contribution in [0.2, 0.25) is 0 Å². The molecule has 0 aliphatic carbocycles. The Kier molecular flexibility index (Phi) is 3.23. The van der Waals surface area contributed by atoms with Crippen LogP contribution >= 0.6 is 0 Å². The number of ether oxygens (including phenoxy) is 1. The van der Waals surface area contributed by atoms with Gasteiger partial charge in [0.25, 0.3) is 0 Å². The highest BCUT2D eigenvalue weighted by Crippen LogP contribution is 2.13. The Balaban J connectivity index is 2.44. The number of hydrogen-bond donors (Lipinski definition) is 0. The number of hydrogen-bond acceptors (Lipinski definition) is 4. The number of benzene rings is 1. The first-order valence-corrected chi connectivity index (χ1v) is 5.36. The van der Waals surface area contributed by atoms with Gasteiger partial charge < -0.3 is 4.74 Å². The topological polar surface area (TPSA) is 61.2 Å². The minimum Gasteiger partial charge on any atom is -0.465 e. The van der Waals surface area contributed by atoms with E-state index in [4.69, 9.17) is 0 Å². The van der Waals surface area contributed by atoms with Gasteiger partial charge in [0.15, 0.2) is 6.29 Å². The number of aldehydes is 1. The first kappa shape index (κ1) is 12.0. The summed E-state index contributed by atoms with van der Waals surface area (Å²) in [7, 11) is 1.33. The zero-order chi connectivity index (χ0) is 13.1. The fourth-order valence-electron chi connectivity index (χ4n) is 1.61. The van der Waals surface area contributed by atoms with E-state index in [-0.39, 0.29) is 0 Å². The Morgan fingerprint density at radius 2 is 2.22 bits per heavy atom.